The Balaban J connectivity index is 2.10. The van der Waals surface area contributed by atoms with E-state index in [9.17, 15) is 0 Å². The van der Waals surface area contributed by atoms with E-state index in [0.717, 1.165) is 56.4 Å². The minimum Gasteiger partial charge on any atom is -0.381 e. The quantitative estimate of drug-likeness (QED) is 0.848. The van der Waals surface area contributed by atoms with Crippen LogP contribution in [0.4, 0.5) is 5.82 Å². The van der Waals surface area contributed by atoms with E-state index >= 15 is 0 Å². The molecule has 1 fully saturated rings. The second-order valence-corrected chi connectivity index (χ2v) is 4.48. The molecule has 1 atom stereocenters. The molecule has 1 unspecified atom stereocenters. The minimum atomic E-state index is 0.594. The molecule has 0 radical (unpaired) electrons. The third-order valence-corrected chi connectivity index (χ3v) is 3.04. The molecule has 1 N–H and O–H groups in total. The standard InChI is InChI=1S/C13H21N3O/c1-3-11-8-12(14-4-2)16-13(15-11)7-10-5-6-17-9-10/h8,10H,3-7,9H2,1-2H3,(H,14,15,16). The van der Waals surface area contributed by atoms with Crippen LogP contribution in [-0.4, -0.2) is 29.7 Å². The highest BCUT2D eigenvalue weighted by Gasteiger charge is 2.18. The molecule has 1 aliphatic heterocycles. The highest BCUT2D eigenvalue weighted by molar-refractivity contribution is 5.36. The lowest BCUT2D eigenvalue weighted by Crippen LogP contribution is -2.11. The van der Waals surface area contributed by atoms with E-state index in [1.165, 1.54) is 0 Å². The van der Waals surface area contributed by atoms with Crippen LogP contribution in [0.5, 0.6) is 0 Å². The largest absolute Gasteiger partial charge is 0.381 e. The van der Waals surface area contributed by atoms with E-state index in [1.807, 2.05) is 6.07 Å². The maximum absolute atomic E-state index is 5.39. The minimum absolute atomic E-state index is 0.594. The van der Waals surface area contributed by atoms with Crippen LogP contribution >= 0.6 is 0 Å². The molecule has 0 bridgehead atoms. The van der Waals surface area contributed by atoms with Gasteiger partial charge in [-0.25, -0.2) is 9.97 Å². The van der Waals surface area contributed by atoms with Crippen LogP contribution in [0, 0.1) is 5.92 Å². The molecule has 0 spiro atoms. The van der Waals surface area contributed by atoms with Crippen LogP contribution in [0.2, 0.25) is 0 Å². The van der Waals surface area contributed by atoms with Crippen molar-refractivity contribution in [2.75, 3.05) is 25.1 Å². The van der Waals surface area contributed by atoms with E-state index in [2.05, 4.69) is 29.1 Å². The Morgan fingerprint density at radius 3 is 2.94 bits per heavy atom. The second-order valence-electron chi connectivity index (χ2n) is 4.48. The van der Waals surface area contributed by atoms with E-state index in [1.54, 1.807) is 0 Å². The van der Waals surface area contributed by atoms with E-state index < -0.39 is 0 Å². The molecular formula is C13H21N3O. The van der Waals surface area contributed by atoms with Gasteiger partial charge in [0.05, 0.1) is 0 Å². The van der Waals surface area contributed by atoms with Crippen molar-refractivity contribution < 1.29 is 4.74 Å². The summed E-state index contributed by atoms with van der Waals surface area (Å²) in [5, 5.41) is 3.27. The highest BCUT2D eigenvalue weighted by Crippen LogP contribution is 2.17. The van der Waals surface area contributed by atoms with Crippen LogP contribution in [0.3, 0.4) is 0 Å². The molecular weight excluding hydrogens is 214 g/mol. The van der Waals surface area contributed by atoms with Gasteiger partial charge in [0, 0.05) is 37.9 Å². The maximum atomic E-state index is 5.39. The molecule has 2 rings (SSSR count). The first kappa shape index (κ1) is 12.3. The number of nitrogens with one attached hydrogen (secondary N) is 1. The van der Waals surface area contributed by atoms with Crippen LogP contribution in [0.1, 0.15) is 31.8 Å². The zero-order chi connectivity index (χ0) is 12.1. The van der Waals surface area contributed by atoms with Gasteiger partial charge in [-0.2, -0.15) is 0 Å². The fourth-order valence-corrected chi connectivity index (χ4v) is 2.10. The normalized spacial score (nSPS) is 19.5. The van der Waals surface area contributed by atoms with Crippen LogP contribution in [0.15, 0.2) is 6.07 Å². The number of hydrogen-bond acceptors (Lipinski definition) is 4. The summed E-state index contributed by atoms with van der Waals surface area (Å²) in [6.45, 7) is 6.85. The summed E-state index contributed by atoms with van der Waals surface area (Å²) >= 11 is 0. The Morgan fingerprint density at radius 2 is 2.29 bits per heavy atom. The van der Waals surface area contributed by atoms with Gasteiger partial charge in [0.25, 0.3) is 0 Å². The van der Waals surface area contributed by atoms with Crippen molar-refractivity contribution in [1.29, 1.82) is 0 Å². The van der Waals surface area contributed by atoms with Crippen molar-refractivity contribution in [2.24, 2.45) is 5.92 Å². The molecule has 17 heavy (non-hydrogen) atoms. The summed E-state index contributed by atoms with van der Waals surface area (Å²) in [6.07, 6.45) is 3.03. The Morgan fingerprint density at radius 1 is 1.41 bits per heavy atom. The summed E-state index contributed by atoms with van der Waals surface area (Å²) in [6, 6.07) is 2.04. The summed E-state index contributed by atoms with van der Waals surface area (Å²) in [7, 11) is 0. The van der Waals surface area contributed by atoms with Crippen LogP contribution in [-0.2, 0) is 17.6 Å². The molecule has 1 saturated heterocycles. The van der Waals surface area contributed by atoms with Crippen molar-refractivity contribution in [3.63, 3.8) is 0 Å². The molecule has 4 heteroatoms. The fraction of sp³-hybridized carbons (Fsp3) is 0.692. The molecule has 1 aliphatic rings. The number of anilines is 1. The lowest BCUT2D eigenvalue weighted by Gasteiger charge is -2.10. The lowest BCUT2D eigenvalue weighted by molar-refractivity contribution is 0.185. The monoisotopic (exact) mass is 235 g/mol. The first-order valence-electron chi connectivity index (χ1n) is 6.50. The zero-order valence-electron chi connectivity index (χ0n) is 10.7. The smallest absolute Gasteiger partial charge is 0.131 e. The fourth-order valence-electron chi connectivity index (χ4n) is 2.10. The predicted molar refractivity (Wildman–Crippen MR) is 68.2 cm³/mol. The average Bonchev–Trinajstić information content (AvgIpc) is 2.82. The number of aromatic nitrogens is 2. The molecule has 0 amide bonds. The van der Waals surface area contributed by atoms with Crippen molar-refractivity contribution >= 4 is 5.82 Å². The van der Waals surface area contributed by atoms with Gasteiger partial charge in [-0.3, -0.25) is 0 Å². The van der Waals surface area contributed by atoms with Gasteiger partial charge >= 0.3 is 0 Å². The van der Waals surface area contributed by atoms with Crippen molar-refractivity contribution in [3.8, 4) is 0 Å². The topological polar surface area (TPSA) is 47.0 Å². The number of ether oxygens (including phenoxy) is 1. The summed E-state index contributed by atoms with van der Waals surface area (Å²) in [5.41, 5.74) is 1.12. The average molecular weight is 235 g/mol. The second kappa shape index (κ2) is 5.96. The first-order valence-corrected chi connectivity index (χ1v) is 6.50. The Bertz CT molecular complexity index is 362. The van der Waals surface area contributed by atoms with Crippen molar-refractivity contribution in [1.82, 2.24) is 9.97 Å². The van der Waals surface area contributed by atoms with Gasteiger partial charge in [0.1, 0.15) is 11.6 Å². The first-order chi connectivity index (χ1) is 8.31. The third kappa shape index (κ3) is 3.40. The van der Waals surface area contributed by atoms with Gasteiger partial charge in [-0.1, -0.05) is 6.92 Å². The third-order valence-electron chi connectivity index (χ3n) is 3.04. The number of aryl methyl sites for hydroxylation is 1. The lowest BCUT2D eigenvalue weighted by atomic mass is 10.0. The maximum Gasteiger partial charge on any atom is 0.131 e. The number of rotatable bonds is 5. The summed E-state index contributed by atoms with van der Waals surface area (Å²) in [4.78, 5) is 9.15. The van der Waals surface area contributed by atoms with Gasteiger partial charge in [-0.05, 0) is 25.7 Å². The van der Waals surface area contributed by atoms with Gasteiger partial charge in [0.15, 0.2) is 0 Å². The zero-order valence-corrected chi connectivity index (χ0v) is 10.7. The number of hydrogen-bond donors (Lipinski definition) is 1. The molecule has 0 aliphatic carbocycles. The molecule has 1 aromatic rings. The van der Waals surface area contributed by atoms with Gasteiger partial charge in [0.2, 0.25) is 0 Å². The molecule has 4 nitrogen and oxygen atoms in total. The SMILES string of the molecule is CCNc1cc(CC)nc(CC2CCOC2)n1. The molecule has 94 valence electrons. The van der Waals surface area contributed by atoms with Gasteiger partial charge in [-0.15, -0.1) is 0 Å². The van der Waals surface area contributed by atoms with Crippen LogP contribution < -0.4 is 5.32 Å². The highest BCUT2D eigenvalue weighted by atomic mass is 16.5. The molecule has 2 heterocycles. The van der Waals surface area contributed by atoms with E-state index in [4.69, 9.17) is 4.74 Å². The molecule has 0 saturated carbocycles. The Labute approximate surface area is 103 Å². The van der Waals surface area contributed by atoms with E-state index in [0.29, 0.717) is 5.92 Å². The van der Waals surface area contributed by atoms with E-state index in [-0.39, 0.29) is 0 Å². The van der Waals surface area contributed by atoms with Crippen molar-refractivity contribution in [2.45, 2.75) is 33.1 Å². The Hall–Kier alpha value is -1.16. The Kier molecular flexibility index (Phi) is 4.31. The van der Waals surface area contributed by atoms with Crippen LogP contribution in [0.25, 0.3) is 0 Å². The van der Waals surface area contributed by atoms with Crippen molar-refractivity contribution in [3.05, 3.63) is 17.6 Å². The molecule has 0 aromatic carbocycles. The molecule has 1 aromatic heterocycles. The predicted octanol–water partition coefficient (Wildman–Crippen LogP) is 2.05. The number of nitrogens with zero attached hydrogens (tertiary/aromatic N) is 2. The summed E-state index contributed by atoms with van der Waals surface area (Å²) < 4.78 is 5.39. The summed E-state index contributed by atoms with van der Waals surface area (Å²) in [5.74, 6) is 2.50. The van der Waals surface area contributed by atoms with Gasteiger partial charge < -0.3 is 10.1 Å².